The van der Waals surface area contributed by atoms with Crippen molar-refractivity contribution in [3.63, 3.8) is 0 Å². The van der Waals surface area contributed by atoms with E-state index in [1.165, 1.54) is 12.8 Å². The molecule has 0 aromatic carbocycles. The zero-order valence-corrected chi connectivity index (χ0v) is 12.3. The van der Waals surface area contributed by atoms with Crippen LogP contribution >= 0.6 is 0 Å². The second-order valence-corrected chi connectivity index (χ2v) is 7.84. The molecular weight excluding hydrogens is 276 g/mol. The van der Waals surface area contributed by atoms with Crippen molar-refractivity contribution in [1.82, 2.24) is 15.3 Å². The van der Waals surface area contributed by atoms with Crippen LogP contribution in [-0.2, 0) is 16.4 Å². The van der Waals surface area contributed by atoms with Gasteiger partial charge >= 0.3 is 0 Å². The highest BCUT2D eigenvalue weighted by Crippen LogP contribution is 2.19. The van der Waals surface area contributed by atoms with Crippen molar-refractivity contribution in [2.45, 2.75) is 31.8 Å². The lowest BCUT2D eigenvalue weighted by molar-refractivity contribution is 0.597. The quantitative estimate of drug-likeness (QED) is 0.864. The number of aromatic nitrogens is 2. The molecule has 0 unspecified atom stereocenters. The van der Waals surface area contributed by atoms with Crippen molar-refractivity contribution in [3.05, 3.63) is 18.0 Å². The van der Waals surface area contributed by atoms with E-state index in [0.29, 0.717) is 31.5 Å². The average molecular weight is 296 g/mol. The molecule has 2 fully saturated rings. The summed E-state index contributed by atoms with van der Waals surface area (Å²) < 4.78 is 23.2. The van der Waals surface area contributed by atoms with Crippen molar-refractivity contribution >= 4 is 15.8 Å². The smallest absolute Gasteiger partial charge is 0.225 e. The first-order chi connectivity index (χ1) is 9.62. The van der Waals surface area contributed by atoms with E-state index in [-0.39, 0.29) is 11.5 Å². The number of hydrogen-bond acceptors (Lipinski definition) is 6. The Morgan fingerprint density at radius 2 is 1.95 bits per heavy atom. The number of sulfone groups is 1. The van der Waals surface area contributed by atoms with Crippen LogP contribution in [0.3, 0.4) is 0 Å². The summed E-state index contributed by atoms with van der Waals surface area (Å²) in [4.78, 5) is 10.7. The van der Waals surface area contributed by atoms with Crippen molar-refractivity contribution in [1.29, 1.82) is 0 Å². The van der Waals surface area contributed by atoms with E-state index < -0.39 is 9.84 Å². The predicted octanol–water partition coefficient (Wildman–Crippen LogP) is 0.353. The van der Waals surface area contributed by atoms with Gasteiger partial charge in [0.1, 0.15) is 0 Å². The van der Waals surface area contributed by atoms with Gasteiger partial charge in [0.05, 0.1) is 11.5 Å². The third-order valence-corrected chi connectivity index (χ3v) is 5.42. The summed E-state index contributed by atoms with van der Waals surface area (Å²) in [5.74, 6) is 1.10. The molecule has 0 spiro atoms. The van der Waals surface area contributed by atoms with Gasteiger partial charge in [-0.15, -0.1) is 0 Å². The van der Waals surface area contributed by atoms with Gasteiger partial charge in [0.25, 0.3) is 0 Å². The summed E-state index contributed by atoms with van der Waals surface area (Å²) in [5.41, 5.74) is 1.07. The van der Waals surface area contributed by atoms with Crippen LogP contribution in [0.1, 0.15) is 24.8 Å². The molecule has 7 heteroatoms. The zero-order chi connectivity index (χ0) is 14.0. The van der Waals surface area contributed by atoms with Gasteiger partial charge in [0.15, 0.2) is 9.84 Å². The molecule has 20 heavy (non-hydrogen) atoms. The lowest BCUT2D eigenvalue weighted by Gasteiger charge is -2.19. The molecule has 1 saturated heterocycles. The summed E-state index contributed by atoms with van der Waals surface area (Å²) in [7, 11) is -2.89. The average Bonchev–Trinajstić information content (AvgIpc) is 3.25. The maximum Gasteiger partial charge on any atom is 0.225 e. The van der Waals surface area contributed by atoms with E-state index in [1.807, 2.05) is 17.3 Å². The molecule has 3 rings (SSSR count). The van der Waals surface area contributed by atoms with Crippen LogP contribution in [0, 0.1) is 0 Å². The molecule has 2 heterocycles. The zero-order valence-electron chi connectivity index (χ0n) is 11.5. The van der Waals surface area contributed by atoms with Gasteiger partial charge in [-0.2, -0.15) is 0 Å². The Morgan fingerprint density at radius 3 is 2.65 bits per heavy atom. The number of anilines is 1. The van der Waals surface area contributed by atoms with Crippen molar-refractivity contribution in [2.75, 3.05) is 29.5 Å². The topological polar surface area (TPSA) is 75.2 Å². The minimum absolute atomic E-state index is 0.196. The molecule has 0 amide bonds. The van der Waals surface area contributed by atoms with Crippen LogP contribution in [0.2, 0.25) is 0 Å². The lowest BCUT2D eigenvalue weighted by Crippen LogP contribution is -2.28. The van der Waals surface area contributed by atoms with Crippen LogP contribution in [0.4, 0.5) is 5.95 Å². The SMILES string of the molecule is O=S1(=O)CCCN(c2ncc(CNC3CC3)cn2)CC1. The fourth-order valence-electron chi connectivity index (χ4n) is 2.29. The first kappa shape index (κ1) is 13.8. The molecule has 6 nitrogen and oxygen atoms in total. The first-order valence-corrected chi connectivity index (χ1v) is 8.94. The Kier molecular flexibility index (Phi) is 3.89. The van der Waals surface area contributed by atoms with Crippen molar-refractivity contribution in [3.8, 4) is 0 Å². The Bertz CT molecular complexity index is 554. The molecule has 1 aliphatic heterocycles. The fraction of sp³-hybridized carbons (Fsp3) is 0.692. The largest absolute Gasteiger partial charge is 0.340 e. The van der Waals surface area contributed by atoms with Gasteiger partial charge in [0.2, 0.25) is 5.95 Å². The third kappa shape index (κ3) is 3.67. The highest BCUT2D eigenvalue weighted by Gasteiger charge is 2.21. The van der Waals surface area contributed by atoms with Crippen LogP contribution in [-0.4, -0.2) is 49.0 Å². The van der Waals surface area contributed by atoms with Gasteiger partial charge in [-0.05, 0) is 19.3 Å². The van der Waals surface area contributed by atoms with Gasteiger partial charge in [-0.3, -0.25) is 0 Å². The van der Waals surface area contributed by atoms with Crippen LogP contribution in [0.25, 0.3) is 0 Å². The van der Waals surface area contributed by atoms with Gasteiger partial charge in [-0.25, -0.2) is 18.4 Å². The third-order valence-electron chi connectivity index (χ3n) is 3.70. The Balaban J connectivity index is 1.61. The van der Waals surface area contributed by atoms with E-state index in [4.69, 9.17) is 0 Å². The van der Waals surface area contributed by atoms with Crippen LogP contribution < -0.4 is 10.2 Å². The van der Waals surface area contributed by atoms with Gasteiger partial charge < -0.3 is 10.2 Å². The summed E-state index contributed by atoms with van der Waals surface area (Å²) in [5, 5.41) is 3.42. The Morgan fingerprint density at radius 1 is 1.20 bits per heavy atom. The minimum atomic E-state index is -2.89. The molecule has 1 N–H and O–H groups in total. The Hall–Kier alpha value is -1.21. The van der Waals surface area contributed by atoms with E-state index in [1.54, 1.807) is 0 Å². The fourth-order valence-corrected chi connectivity index (χ4v) is 3.56. The van der Waals surface area contributed by atoms with Crippen LogP contribution in [0.15, 0.2) is 12.4 Å². The molecule has 0 atom stereocenters. The Labute approximate surface area is 119 Å². The molecule has 1 aromatic rings. The molecule has 2 aliphatic rings. The molecule has 1 aliphatic carbocycles. The summed E-state index contributed by atoms with van der Waals surface area (Å²) in [6.45, 7) is 2.00. The van der Waals surface area contributed by atoms with Gasteiger partial charge in [-0.1, -0.05) is 0 Å². The first-order valence-electron chi connectivity index (χ1n) is 7.12. The molecule has 1 saturated carbocycles. The second kappa shape index (κ2) is 5.65. The maximum absolute atomic E-state index is 11.6. The van der Waals surface area contributed by atoms with E-state index >= 15 is 0 Å². The van der Waals surface area contributed by atoms with Gasteiger partial charge in [0, 0.05) is 43.6 Å². The lowest BCUT2D eigenvalue weighted by atomic mass is 10.3. The second-order valence-electron chi connectivity index (χ2n) is 5.54. The monoisotopic (exact) mass is 296 g/mol. The maximum atomic E-state index is 11.6. The molecule has 110 valence electrons. The number of rotatable bonds is 4. The van der Waals surface area contributed by atoms with Crippen LogP contribution in [0.5, 0.6) is 0 Å². The standard InChI is InChI=1S/C13H20N4O2S/c18-20(19)6-1-4-17(5-7-20)13-15-9-11(10-16-13)8-14-12-2-3-12/h9-10,12,14H,1-8H2. The molecular formula is C13H20N4O2S. The summed E-state index contributed by atoms with van der Waals surface area (Å²) in [6, 6.07) is 0.672. The number of hydrogen-bond donors (Lipinski definition) is 1. The van der Waals surface area contributed by atoms with Crippen molar-refractivity contribution in [2.24, 2.45) is 0 Å². The summed E-state index contributed by atoms with van der Waals surface area (Å²) >= 11 is 0. The molecule has 0 radical (unpaired) electrons. The molecule has 1 aromatic heterocycles. The summed E-state index contributed by atoms with van der Waals surface area (Å²) in [6.07, 6.45) is 6.84. The highest BCUT2D eigenvalue weighted by atomic mass is 32.2. The predicted molar refractivity (Wildman–Crippen MR) is 77.4 cm³/mol. The van der Waals surface area contributed by atoms with E-state index in [9.17, 15) is 8.42 Å². The number of nitrogens with one attached hydrogen (secondary N) is 1. The molecule has 0 bridgehead atoms. The van der Waals surface area contributed by atoms with E-state index in [2.05, 4.69) is 15.3 Å². The normalized spacial score (nSPS) is 22.5. The minimum Gasteiger partial charge on any atom is -0.340 e. The van der Waals surface area contributed by atoms with Crippen molar-refractivity contribution < 1.29 is 8.42 Å². The highest BCUT2D eigenvalue weighted by molar-refractivity contribution is 7.91. The number of nitrogens with zero attached hydrogens (tertiary/aromatic N) is 3. The van der Waals surface area contributed by atoms with E-state index in [0.717, 1.165) is 12.1 Å².